The highest BCUT2D eigenvalue weighted by molar-refractivity contribution is 6.32. The van der Waals surface area contributed by atoms with Crippen LogP contribution in [0.1, 0.15) is 75.7 Å². The number of oxime groups is 1. The Hall–Kier alpha value is -2.60. The molecule has 34 heavy (non-hydrogen) atoms. The van der Waals surface area contributed by atoms with Crippen molar-refractivity contribution in [1.29, 1.82) is 0 Å². The summed E-state index contributed by atoms with van der Waals surface area (Å²) in [6.07, 6.45) is 10.4. The summed E-state index contributed by atoms with van der Waals surface area (Å²) in [4.78, 5) is 32.5. The smallest absolute Gasteiger partial charge is 0.338 e. The number of nitrogens with zero attached hydrogens (tertiary/aromatic N) is 2. The molecule has 0 fully saturated rings. The van der Waals surface area contributed by atoms with Crippen molar-refractivity contribution in [1.82, 2.24) is 4.90 Å². The fourth-order valence-corrected chi connectivity index (χ4v) is 4.09. The molecule has 1 amide bonds. The third kappa shape index (κ3) is 8.64. The number of carbonyl (C=O) groups excluding carboxylic acids is 2. The first kappa shape index (κ1) is 27.6. The summed E-state index contributed by atoms with van der Waals surface area (Å²) in [6, 6.07) is 5.23. The molecule has 0 spiro atoms. The quantitative estimate of drug-likeness (QED) is 0.263. The van der Waals surface area contributed by atoms with Gasteiger partial charge >= 0.3 is 5.97 Å². The number of allylic oxidation sites excluding steroid dienone is 3. The van der Waals surface area contributed by atoms with Crippen molar-refractivity contribution >= 4 is 29.2 Å². The zero-order valence-electron chi connectivity index (χ0n) is 20.8. The van der Waals surface area contributed by atoms with Crippen LogP contribution in [0, 0.1) is 0 Å². The second-order valence-electron chi connectivity index (χ2n) is 8.42. The largest absolute Gasteiger partial charge is 0.458 e. The molecule has 0 radical (unpaired) electrons. The Bertz CT molecular complexity index is 919. The zero-order valence-corrected chi connectivity index (χ0v) is 21.6. The van der Waals surface area contributed by atoms with Gasteiger partial charge in [-0.1, -0.05) is 53.9 Å². The van der Waals surface area contributed by atoms with Gasteiger partial charge in [0, 0.05) is 31.0 Å². The second-order valence-corrected chi connectivity index (χ2v) is 8.82. The molecule has 1 unspecified atom stereocenters. The van der Waals surface area contributed by atoms with E-state index in [0.717, 1.165) is 31.3 Å². The van der Waals surface area contributed by atoms with E-state index in [-0.39, 0.29) is 31.0 Å². The summed E-state index contributed by atoms with van der Waals surface area (Å²) in [5.41, 5.74) is 2.78. The number of benzene rings is 1. The maximum absolute atomic E-state index is 13.1. The fraction of sp³-hybridized carbons (Fsp3) is 0.519. The molecule has 1 aliphatic rings. The number of rotatable bonds is 7. The third-order valence-corrected chi connectivity index (χ3v) is 6.11. The highest BCUT2D eigenvalue weighted by Gasteiger charge is 2.21. The number of fused-ring (bicyclic) bond motifs is 1. The van der Waals surface area contributed by atoms with E-state index in [9.17, 15) is 9.59 Å². The lowest BCUT2D eigenvalue weighted by Gasteiger charge is -2.18. The predicted molar refractivity (Wildman–Crippen MR) is 137 cm³/mol. The fourth-order valence-electron chi connectivity index (χ4n) is 3.85. The SMILES string of the molecule is CCCC1C/C=C/CC/C(C)=C/C(=N/OCC(=O)N(CC)CC)Cc2c(Cl)cccc2C(=O)O1. The Morgan fingerprint density at radius 2 is 2.00 bits per heavy atom. The molecule has 186 valence electrons. The number of likely N-dealkylation sites (N-methyl/N-ethyl adjacent to an activating group) is 1. The zero-order chi connectivity index (χ0) is 24.9. The molecule has 0 saturated carbocycles. The third-order valence-electron chi connectivity index (χ3n) is 5.75. The average molecular weight is 489 g/mol. The number of amides is 1. The minimum Gasteiger partial charge on any atom is -0.458 e. The number of halogens is 1. The molecule has 0 N–H and O–H groups in total. The van der Waals surface area contributed by atoms with E-state index in [2.05, 4.69) is 24.2 Å². The summed E-state index contributed by atoms with van der Waals surface area (Å²) < 4.78 is 5.85. The Labute approximate surface area is 208 Å². The summed E-state index contributed by atoms with van der Waals surface area (Å²) in [5, 5.41) is 4.73. The van der Waals surface area contributed by atoms with Crippen LogP contribution in [-0.4, -0.2) is 48.3 Å². The van der Waals surface area contributed by atoms with E-state index in [1.165, 1.54) is 0 Å². The van der Waals surface area contributed by atoms with Gasteiger partial charge in [0.05, 0.1) is 11.3 Å². The first-order valence-electron chi connectivity index (χ1n) is 12.2. The van der Waals surface area contributed by atoms with Crippen LogP contribution in [0.25, 0.3) is 0 Å². The van der Waals surface area contributed by atoms with Gasteiger partial charge in [0.15, 0.2) is 6.61 Å². The van der Waals surface area contributed by atoms with E-state index in [4.69, 9.17) is 21.2 Å². The van der Waals surface area contributed by atoms with Crippen LogP contribution >= 0.6 is 11.6 Å². The van der Waals surface area contributed by atoms with Crippen LogP contribution in [0.3, 0.4) is 0 Å². The Balaban J connectivity index is 2.38. The van der Waals surface area contributed by atoms with E-state index in [1.807, 2.05) is 26.8 Å². The van der Waals surface area contributed by atoms with Crippen molar-refractivity contribution in [3.05, 3.63) is 58.1 Å². The number of carbonyl (C=O) groups is 2. The minimum absolute atomic E-state index is 0.120. The Kier molecular flexibility index (Phi) is 11.9. The molecule has 1 heterocycles. The van der Waals surface area contributed by atoms with E-state index < -0.39 is 0 Å². The lowest BCUT2D eigenvalue weighted by Crippen LogP contribution is -2.33. The van der Waals surface area contributed by atoms with Gasteiger partial charge < -0.3 is 14.5 Å². The van der Waals surface area contributed by atoms with Crippen molar-refractivity contribution in [3.63, 3.8) is 0 Å². The van der Waals surface area contributed by atoms with Crippen molar-refractivity contribution in [3.8, 4) is 0 Å². The number of ether oxygens (including phenoxy) is 1. The summed E-state index contributed by atoms with van der Waals surface area (Å²) in [7, 11) is 0. The van der Waals surface area contributed by atoms with Gasteiger partial charge in [-0.05, 0) is 63.8 Å². The van der Waals surface area contributed by atoms with Crippen LogP contribution in [0.5, 0.6) is 0 Å². The Morgan fingerprint density at radius 1 is 1.24 bits per heavy atom. The highest BCUT2D eigenvalue weighted by atomic mass is 35.5. The lowest BCUT2D eigenvalue weighted by molar-refractivity contribution is -0.135. The number of cyclic esters (lactones) is 1. The van der Waals surface area contributed by atoms with Crippen LogP contribution in [0.4, 0.5) is 0 Å². The van der Waals surface area contributed by atoms with Crippen molar-refractivity contribution < 1.29 is 19.2 Å². The molecule has 1 aliphatic heterocycles. The number of esters is 1. The highest BCUT2D eigenvalue weighted by Crippen LogP contribution is 2.24. The molecule has 1 aromatic carbocycles. The van der Waals surface area contributed by atoms with Gasteiger partial charge in [-0.25, -0.2) is 4.79 Å². The van der Waals surface area contributed by atoms with Crippen molar-refractivity contribution in [2.45, 2.75) is 72.3 Å². The molecular weight excluding hydrogens is 452 g/mol. The molecule has 0 bridgehead atoms. The van der Waals surface area contributed by atoms with Crippen molar-refractivity contribution in [2.24, 2.45) is 5.16 Å². The topological polar surface area (TPSA) is 68.2 Å². The second kappa shape index (κ2) is 14.6. The molecule has 7 heteroatoms. The molecule has 0 saturated heterocycles. The van der Waals surface area contributed by atoms with E-state index in [1.54, 1.807) is 23.1 Å². The molecule has 2 rings (SSSR count). The van der Waals surface area contributed by atoms with Crippen LogP contribution in [0.15, 0.2) is 47.2 Å². The maximum atomic E-state index is 13.1. The number of hydrogen-bond donors (Lipinski definition) is 0. The van der Waals surface area contributed by atoms with Crippen molar-refractivity contribution in [2.75, 3.05) is 19.7 Å². The molecule has 0 aromatic heterocycles. The van der Waals surface area contributed by atoms with Crippen LogP contribution in [0.2, 0.25) is 5.02 Å². The molecule has 0 aliphatic carbocycles. The molecular formula is C27H37ClN2O4. The van der Waals surface area contributed by atoms with Gasteiger partial charge in [0.25, 0.3) is 5.91 Å². The number of hydrogen-bond acceptors (Lipinski definition) is 5. The van der Waals surface area contributed by atoms with E-state index in [0.29, 0.717) is 41.4 Å². The average Bonchev–Trinajstić information content (AvgIpc) is 2.80. The van der Waals surface area contributed by atoms with Crippen LogP contribution < -0.4 is 0 Å². The summed E-state index contributed by atoms with van der Waals surface area (Å²) >= 11 is 6.53. The molecule has 6 nitrogen and oxygen atoms in total. The van der Waals surface area contributed by atoms with Crippen LogP contribution in [-0.2, 0) is 20.8 Å². The van der Waals surface area contributed by atoms with Gasteiger partial charge in [-0.3, -0.25) is 4.79 Å². The van der Waals surface area contributed by atoms with Gasteiger partial charge in [0.1, 0.15) is 6.10 Å². The predicted octanol–water partition coefficient (Wildman–Crippen LogP) is 6.14. The molecule has 1 aromatic rings. The van der Waals surface area contributed by atoms with Gasteiger partial charge in [-0.2, -0.15) is 0 Å². The van der Waals surface area contributed by atoms with Gasteiger partial charge in [-0.15, -0.1) is 0 Å². The summed E-state index contributed by atoms with van der Waals surface area (Å²) in [6.45, 7) is 9.06. The first-order valence-corrected chi connectivity index (χ1v) is 12.5. The van der Waals surface area contributed by atoms with E-state index >= 15 is 0 Å². The van der Waals surface area contributed by atoms with Gasteiger partial charge in [0.2, 0.25) is 0 Å². The Morgan fingerprint density at radius 3 is 2.71 bits per heavy atom. The molecule has 1 atom stereocenters. The summed E-state index contributed by atoms with van der Waals surface area (Å²) in [5.74, 6) is -0.510. The monoisotopic (exact) mass is 488 g/mol. The minimum atomic E-state index is -0.390. The first-order chi connectivity index (χ1) is 16.4. The normalized spacial score (nSPS) is 21.0. The maximum Gasteiger partial charge on any atom is 0.338 e. The lowest BCUT2D eigenvalue weighted by atomic mass is 9.99. The standard InChI is InChI=1S/C27H37ClN2O4/c1-5-12-22-14-10-8-9-13-20(4)17-21(29-33-19-26(31)30(6-2)7-3)18-24-23(27(32)34-22)15-11-16-25(24)28/h8,10-11,15-17,22H,5-7,9,12-14,18-19H2,1-4H3/b10-8+,20-17+,29-21-.